The second-order valence-electron chi connectivity index (χ2n) is 12.9. The summed E-state index contributed by atoms with van der Waals surface area (Å²) in [5.41, 5.74) is 0. The van der Waals surface area contributed by atoms with Gasteiger partial charge in [0.05, 0.1) is 24.7 Å². The minimum Gasteiger partial charge on any atom is -0.461 e. The predicted octanol–water partition coefficient (Wildman–Crippen LogP) is 2.39. The average Bonchev–Trinajstić information content (AvgIpc) is 3.29. The fourth-order valence-corrected chi connectivity index (χ4v) is 9.00. The third-order valence-corrected chi connectivity index (χ3v) is 11.1. The summed E-state index contributed by atoms with van der Waals surface area (Å²) in [6.07, 6.45) is 12.5. The van der Waals surface area contributed by atoms with Gasteiger partial charge in [-0.3, -0.25) is 14.5 Å². The van der Waals surface area contributed by atoms with Crippen LogP contribution in [-0.2, 0) is 19.1 Å². The zero-order chi connectivity index (χ0) is 24.8. The molecule has 2 saturated carbocycles. The van der Waals surface area contributed by atoms with E-state index in [9.17, 15) is 9.59 Å². The number of quaternary nitrogens is 1. The van der Waals surface area contributed by atoms with Crippen molar-refractivity contribution in [3.8, 4) is 0 Å². The standard InChI is InChI=1S/C29H47N3O4/c1-18-20(10-11-26(33)32-15-13-31(14-16-32)25-9-5-6-12-30-25)29(34)36-27-19(2)28-23(17-22(18)27)21-7-3-4-8-24(21)35-28/h18-25,27-28,30H,3-17H2,1-2H3/p+1. The molecule has 7 nitrogen and oxygen atoms in total. The average molecular weight is 503 g/mol. The number of esters is 1. The molecular weight excluding hydrogens is 454 g/mol. The van der Waals surface area contributed by atoms with E-state index in [0.717, 1.165) is 32.6 Å². The second kappa shape index (κ2) is 10.5. The van der Waals surface area contributed by atoms with Crippen LogP contribution in [0.1, 0.15) is 78.1 Å². The number of fused-ring (bicyclic) bond motifs is 4. The SMILES string of the molecule is CC1C(CCC(=O)N2CCN(C3CCCC[NH2+]3)CC2)C(=O)OC2C(C)C3OC4CCCCC4C3CC12. The van der Waals surface area contributed by atoms with E-state index in [2.05, 4.69) is 24.1 Å². The van der Waals surface area contributed by atoms with Gasteiger partial charge in [0.25, 0.3) is 0 Å². The van der Waals surface area contributed by atoms with Gasteiger partial charge in [-0.25, -0.2) is 0 Å². The number of piperazine rings is 1. The lowest BCUT2D eigenvalue weighted by Gasteiger charge is -2.50. The summed E-state index contributed by atoms with van der Waals surface area (Å²) in [6, 6.07) is 0. The monoisotopic (exact) mass is 502 g/mol. The number of rotatable bonds is 4. The number of amides is 1. The van der Waals surface area contributed by atoms with Crippen LogP contribution in [0.25, 0.3) is 0 Å². The van der Waals surface area contributed by atoms with Crippen molar-refractivity contribution < 1.29 is 24.4 Å². The second-order valence-corrected chi connectivity index (χ2v) is 12.9. The van der Waals surface area contributed by atoms with Gasteiger partial charge in [-0.2, -0.15) is 0 Å². The van der Waals surface area contributed by atoms with Gasteiger partial charge >= 0.3 is 5.97 Å². The Morgan fingerprint density at radius 3 is 2.47 bits per heavy atom. The molecule has 0 aromatic rings. The molecule has 6 rings (SSSR count). The lowest BCUT2D eigenvalue weighted by molar-refractivity contribution is -0.717. The molecule has 202 valence electrons. The van der Waals surface area contributed by atoms with Crippen molar-refractivity contribution >= 4 is 11.9 Å². The number of carbonyl (C=O) groups is 2. The van der Waals surface area contributed by atoms with Crippen LogP contribution < -0.4 is 5.32 Å². The van der Waals surface area contributed by atoms with Crippen molar-refractivity contribution in [2.24, 2.45) is 35.5 Å². The molecule has 4 saturated heterocycles. The van der Waals surface area contributed by atoms with E-state index >= 15 is 0 Å². The van der Waals surface area contributed by atoms with Gasteiger partial charge in [-0.05, 0) is 56.3 Å². The van der Waals surface area contributed by atoms with Gasteiger partial charge in [-0.1, -0.05) is 26.7 Å². The minimum atomic E-state index is -0.151. The molecule has 0 bridgehead atoms. The van der Waals surface area contributed by atoms with E-state index in [1.54, 1.807) is 0 Å². The molecule has 0 aromatic carbocycles. The number of piperidine rings is 1. The Hall–Kier alpha value is -1.18. The molecular formula is C29H48N3O4+. The van der Waals surface area contributed by atoms with Gasteiger partial charge < -0.3 is 19.7 Å². The molecule has 2 N–H and O–H groups in total. The Bertz CT molecular complexity index is 808. The fourth-order valence-electron chi connectivity index (χ4n) is 9.00. The molecule has 2 aliphatic carbocycles. The summed E-state index contributed by atoms with van der Waals surface area (Å²) < 4.78 is 12.7. The maximum Gasteiger partial charge on any atom is 0.309 e. The van der Waals surface area contributed by atoms with Crippen molar-refractivity contribution in [1.29, 1.82) is 0 Å². The van der Waals surface area contributed by atoms with Crippen molar-refractivity contribution in [3.63, 3.8) is 0 Å². The highest BCUT2D eigenvalue weighted by Gasteiger charge is 2.58. The van der Waals surface area contributed by atoms with Gasteiger partial charge in [0.2, 0.25) is 5.91 Å². The van der Waals surface area contributed by atoms with Crippen LogP contribution in [0.3, 0.4) is 0 Å². The Balaban J connectivity index is 1.03. The lowest BCUT2D eigenvalue weighted by atomic mass is 9.60. The Labute approximate surface area is 217 Å². The third kappa shape index (κ3) is 4.62. The Morgan fingerprint density at radius 1 is 0.917 bits per heavy atom. The minimum absolute atomic E-state index is 0.0227. The van der Waals surface area contributed by atoms with Crippen LogP contribution in [0, 0.1) is 35.5 Å². The molecule has 0 radical (unpaired) electrons. The number of hydrogen-bond donors (Lipinski definition) is 1. The summed E-state index contributed by atoms with van der Waals surface area (Å²) in [5, 5.41) is 2.48. The number of nitrogens with zero attached hydrogens (tertiary/aromatic N) is 2. The summed E-state index contributed by atoms with van der Waals surface area (Å²) in [5.74, 6) is 2.25. The number of hydrogen-bond acceptors (Lipinski definition) is 5. The molecule has 10 unspecified atom stereocenters. The molecule has 6 aliphatic rings. The van der Waals surface area contributed by atoms with Gasteiger partial charge in [0, 0.05) is 50.9 Å². The van der Waals surface area contributed by atoms with Gasteiger partial charge in [0.1, 0.15) is 12.3 Å². The maximum absolute atomic E-state index is 13.2. The van der Waals surface area contributed by atoms with Crippen LogP contribution in [0.5, 0.6) is 0 Å². The first-order chi connectivity index (χ1) is 17.5. The van der Waals surface area contributed by atoms with E-state index in [4.69, 9.17) is 9.47 Å². The first-order valence-corrected chi connectivity index (χ1v) is 15.2. The van der Waals surface area contributed by atoms with E-state index in [-0.39, 0.29) is 41.8 Å². The molecule has 0 spiro atoms. The first-order valence-electron chi connectivity index (χ1n) is 15.2. The normalized spacial score (nSPS) is 45.4. The predicted molar refractivity (Wildman–Crippen MR) is 136 cm³/mol. The van der Waals surface area contributed by atoms with Crippen molar-refractivity contribution in [1.82, 2.24) is 9.80 Å². The van der Waals surface area contributed by atoms with Gasteiger partial charge in [0.15, 0.2) is 0 Å². The Morgan fingerprint density at radius 2 is 1.69 bits per heavy atom. The zero-order valence-corrected chi connectivity index (χ0v) is 22.5. The summed E-state index contributed by atoms with van der Waals surface area (Å²) >= 11 is 0. The lowest BCUT2D eigenvalue weighted by Crippen LogP contribution is -2.95. The molecule has 1 amide bonds. The molecule has 4 aliphatic heterocycles. The van der Waals surface area contributed by atoms with Gasteiger partial charge in [-0.15, -0.1) is 0 Å². The summed E-state index contributed by atoms with van der Waals surface area (Å²) in [4.78, 5) is 30.9. The van der Waals surface area contributed by atoms with Crippen LogP contribution in [-0.4, -0.2) is 78.9 Å². The molecule has 0 aromatic heterocycles. The fraction of sp³-hybridized carbons (Fsp3) is 0.931. The quantitative estimate of drug-likeness (QED) is 0.598. The summed E-state index contributed by atoms with van der Waals surface area (Å²) in [6.45, 7) is 9.33. The largest absolute Gasteiger partial charge is 0.461 e. The Kier molecular flexibility index (Phi) is 7.35. The highest BCUT2D eigenvalue weighted by Crippen LogP contribution is 2.54. The third-order valence-electron chi connectivity index (χ3n) is 11.1. The highest BCUT2D eigenvalue weighted by atomic mass is 16.6. The van der Waals surface area contributed by atoms with Crippen molar-refractivity contribution in [3.05, 3.63) is 0 Å². The molecule has 10 atom stereocenters. The van der Waals surface area contributed by atoms with Crippen LogP contribution in [0.2, 0.25) is 0 Å². The summed E-state index contributed by atoms with van der Waals surface area (Å²) in [7, 11) is 0. The van der Waals surface area contributed by atoms with Crippen LogP contribution in [0.4, 0.5) is 0 Å². The first kappa shape index (κ1) is 25.1. The number of nitrogens with two attached hydrogens (primary N) is 1. The van der Waals surface area contributed by atoms with Crippen LogP contribution in [0.15, 0.2) is 0 Å². The topological polar surface area (TPSA) is 75.7 Å². The van der Waals surface area contributed by atoms with E-state index < -0.39 is 0 Å². The van der Waals surface area contributed by atoms with E-state index in [0.29, 0.717) is 42.9 Å². The molecule has 4 heterocycles. The number of carbonyl (C=O) groups excluding carboxylic acids is 2. The highest BCUT2D eigenvalue weighted by molar-refractivity contribution is 5.78. The van der Waals surface area contributed by atoms with Crippen molar-refractivity contribution in [2.45, 2.75) is 103 Å². The van der Waals surface area contributed by atoms with Crippen LogP contribution >= 0.6 is 0 Å². The number of ether oxygens (including phenoxy) is 2. The molecule has 36 heavy (non-hydrogen) atoms. The molecule has 6 fully saturated rings. The zero-order valence-electron chi connectivity index (χ0n) is 22.5. The van der Waals surface area contributed by atoms with Crippen molar-refractivity contribution in [2.75, 3.05) is 32.7 Å². The van der Waals surface area contributed by atoms with E-state index in [1.807, 2.05) is 4.90 Å². The maximum atomic E-state index is 13.2. The smallest absolute Gasteiger partial charge is 0.309 e. The molecule has 7 heteroatoms. The van der Waals surface area contributed by atoms with E-state index in [1.165, 1.54) is 51.5 Å².